The SMILES string of the molecule is CCOC(=O)c1sc(NCCCN(C)C)c(C2CC2)c1N. The average Bonchev–Trinajstić information content (AvgIpc) is 3.19. The molecule has 1 aromatic rings. The van der Waals surface area contributed by atoms with Gasteiger partial charge in [-0.3, -0.25) is 0 Å². The van der Waals surface area contributed by atoms with Crippen LogP contribution in [0, 0.1) is 0 Å². The molecule has 1 aromatic heterocycles. The second-order valence-electron chi connectivity index (χ2n) is 5.67. The second-order valence-corrected chi connectivity index (χ2v) is 6.69. The van der Waals surface area contributed by atoms with E-state index >= 15 is 0 Å². The van der Waals surface area contributed by atoms with E-state index in [2.05, 4.69) is 24.3 Å². The number of nitrogens with two attached hydrogens (primary N) is 1. The summed E-state index contributed by atoms with van der Waals surface area (Å²) in [5.74, 6) is 0.212. The zero-order chi connectivity index (χ0) is 15.4. The van der Waals surface area contributed by atoms with Gasteiger partial charge < -0.3 is 20.7 Å². The Balaban J connectivity index is 2.08. The third kappa shape index (κ3) is 4.11. The molecular weight excluding hydrogens is 286 g/mol. The van der Waals surface area contributed by atoms with Crippen LogP contribution in [-0.4, -0.2) is 44.7 Å². The molecule has 0 radical (unpaired) electrons. The van der Waals surface area contributed by atoms with Gasteiger partial charge in [-0.25, -0.2) is 4.79 Å². The van der Waals surface area contributed by atoms with Crippen molar-refractivity contribution < 1.29 is 9.53 Å². The monoisotopic (exact) mass is 311 g/mol. The van der Waals surface area contributed by atoms with E-state index in [1.165, 1.54) is 11.3 Å². The van der Waals surface area contributed by atoms with Crippen LogP contribution < -0.4 is 11.1 Å². The van der Waals surface area contributed by atoms with Crippen molar-refractivity contribution in [3.63, 3.8) is 0 Å². The maximum Gasteiger partial charge on any atom is 0.350 e. The molecule has 0 atom stereocenters. The Hall–Kier alpha value is -1.27. The van der Waals surface area contributed by atoms with Crippen molar-refractivity contribution in [2.75, 3.05) is 44.8 Å². The minimum atomic E-state index is -0.303. The van der Waals surface area contributed by atoms with Crippen molar-refractivity contribution in [2.45, 2.75) is 32.1 Å². The van der Waals surface area contributed by atoms with Crippen LogP contribution in [0.2, 0.25) is 0 Å². The van der Waals surface area contributed by atoms with Gasteiger partial charge in [-0.1, -0.05) is 0 Å². The van der Waals surface area contributed by atoms with E-state index < -0.39 is 0 Å². The van der Waals surface area contributed by atoms with Gasteiger partial charge in [0, 0.05) is 12.1 Å². The topological polar surface area (TPSA) is 67.6 Å². The number of nitrogen functional groups attached to an aromatic ring is 1. The quantitative estimate of drug-likeness (QED) is 0.571. The van der Waals surface area contributed by atoms with Crippen LogP contribution in [0.1, 0.15) is 47.3 Å². The van der Waals surface area contributed by atoms with E-state index in [0.717, 1.165) is 42.9 Å². The van der Waals surface area contributed by atoms with E-state index in [9.17, 15) is 4.79 Å². The van der Waals surface area contributed by atoms with Crippen molar-refractivity contribution in [3.05, 3.63) is 10.4 Å². The van der Waals surface area contributed by atoms with Gasteiger partial charge in [-0.05, 0) is 52.7 Å². The number of esters is 1. The number of carbonyl (C=O) groups excluding carboxylic acids is 1. The van der Waals surface area contributed by atoms with Gasteiger partial charge in [0.1, 0.15) is 4.88 Å². The summed E-state index contributed by atoms with van der Waals surface area (Å²) in [5, 5.41) is 4.50. The van der Waals surface area contributed by atoms with Crippen molar-refractivity contribution in [3.8, 4) is 0 Å². The van der Waals surface area contributed by atoms with E-state index in [4.69, 9.17) is 10.5 Å². The summed E-state index contributed by atoms with van der Waals surface area (Å²) in [7, 11) is 4.13. The summed E-state index contributed by atoms with van der Waals surface area (Å²) in [4.78, 5) is 14.7. The summed E-state index contributed by atoms with van der Waals surface area (Å²) in [5.41, 5.74) is 7.94. The maximum absolute atomic E-state index is 12.0. The molecule has 1 fully saturated rings. The number of hydrogen-bond acceptors (Lipinski definition) is 6. The van der Waals surface area contributed by atoms with Gasteiger partial charge in [0.2, 0.25) is 0 Å². The molecule has 1 heterocycles. The summed E-state index contributed by atoms with van der Waals surface area (Å²) in [6.07, 6.45) is 3.38. The van der Waals surface area contributed by atoms with E-state index in [-0.39, 0.29) is 5.97 Å². The molecule has 1 aliphatic carbocycles. The molecule has 21 heavy (non-hydrogen) atoms. The molecular formula is C15H25N3O2S. The van der Waals surface area contributed by atoms with Crippen LogP contribution in [0.3, 0.4) is 0 Å². The third-order valence-corrected chi connectivity index (χ3v) is 4.66. The van der Waals surface area contributed by atoms with Crippen LogP contribution in [0.4, 0.5) is 10.7 Å². The van der Waals surface area contributed by atoms with E-state index in [1.807, 2.05) is 6.92 Å². The van der Waals surface area contributed by atoms with Crippen molar-refractivity contribution in [1.29, 1.82) is 0 Å². The number of carbonyl (C=O) groups is 1. The summed E-state index contributed by atoms with van der Waals surface area (Å²) in [6, 6.07) is 0. The lowest BCUT2D eigenvalue weighted by molar-refractivity contribution is 0.0533. The molecule has 0 aromatic carbocycles. The van der Waals surface area contributed by atoms with Crippen LogP contribution in [0.5, 0.6) is 0 Å². The molecule has 1 saturated carbocycles. The summed E-state index contributed by atoms with van der Waals surface area (Å²) < 4.78 is 5.09. The highest BCUT2D eigenvalue weighted by atomic mass is 32.1. The molecule has 3 N–H and O–H groups in total. The predicted molar refractivity (Wildman–Crippen MR) is 88.3 cm³/mol. The normalized spacial score (nSPS) is 14.5. The van der Waals surface area contributed by atoms with Gasteiger partial charge in [-0.2, -0.15) is 0 Å². The minimum Gasteiger partial charge on any atom is -0.462 e. The second kappa shape index (κ2) is 7.13. The van der Waals surface area contributed by atoms with Crippen molar-refractivity contribution >= 4 is 28.0 Å². The zero-order valence-corrected chi connectivity index (χ0v) is 13.9. The highest BCUT2D eigenvalue weighted by Crippen LogP contribution is 2.50. The van der Waals surface area contributed by atoms with Gasteiger partial charge >= 0.3 is 5.97 Å². The van der Waals surface area contributed by atoms with Gasteiger partial charge in [0.05, 0.1) is 17.3 Å². The fourth-order valence-corrected chi connectivity index (χ4v) is 3.44. The number of nitrogens with zero attached hydrogens (tertiary/aromatic N) is 1. The number of thiophene rings is 1. The van der Waals surface area contributed by atoms with Crippen molar-refractivity contribution in [1.82, 2.24) is 4.90 Å². The predicted octanol–water partition coefficient (Wildman–Crippen LogP) is 2.75. The van der Waals surface area contributed by atoms with Gasteiger partial charge in [-0.15, -0.1) is 11.3 Å². The first-order valence-corrected chi connectivity index (χ1v) is 8.34. The Morgan fingerprint density at radius 3 is 2.76 bits per heavy atom. The number of ether oxygens (including phenoxy) is 1. The van der Waals surface area contributed by atoms with Crippen LogP contribution in [-0.2, 0) is 4.74 Å². The largest absolute Gasteiger partial charge is 0.462 e. The number of anilines is 2. The van der Waals surface area contributed by atoms with Gasteiger partial charge in [0.25, 0.3) is 0 Å². The maximum atomic E-state index is 12.0. The Bertz CT molecular complexity index is 495. The molecule has 0 aliphatic heterocycles. The van der Waals surface area contributed by atoms with Gasteiger partial charge in [0.15, 0.2) is 0 Å². The first kappa shape index (κ1) is 16.1. The molecule has 0 unspecified atom stereocenters. The van der Waals surface area contributed by atoms with E-state index in [0.29, 0.717) is 23.1 Å². The molecule has 6 heteroatoms. The highest BCUT2D eigenvalue weighted by Gasteiger charge is 2.33. The third-order valence-electron chi connectivity index (χ3n) is 3.50. The van der Waals surface area contributed by atoms with Crippen LogP contribution >= 0.6 is 11.3 Å². The smallest absolute Gasteiger partial charge is 0.350 e. The standard InChI is InChI=1S/C15H25N3O2S/c1-4-20-15(19)13-12(16)11(10-6-7-10)14(21-13)17-8-5-9-18(2)3/h10,17H,4-9,16H2,1-3H3. The molecule has 0 saturated heterocycles. The molecule has 5 nitrogen and oxygen atoms in total. The molecule has 2 rings (SSSR count). The zero-order valence-electron chi connectivity index (χ0n) is 13.1. The molecule has 0 bridgehead atoms. The Morgan fingerprint density at radius 1 is 1.48 bits per heavy atom. The lowest BCUT2D eigenvalue weighted by Gasteiger charge is -2.10. The fourth-order valence-electron chi connectivity index (χ4n) is 2.31. The van der Waals surface area contributed by atoms with Crippen LogP contribution in [0.15, 0.2) is 0 Å². The fraction of sp³-hybridized carbons (Fsp3) is 0.667. The lowest BCUT2D eigenvalue weighted by atomic mass is 10.1. The Kier molecular flexibility index (Phi) is 5.47. The Labute approximate surface area is 130 Å². The summed E-state index contributed by atoms with van der Waals surface area (Å²) in [6.45, 7) is 4.11. The number of hydrogen-bond donors (Lipinski definition) is 2. The first-order valence-electron chi connectivity index (χ1n) is 7.52. The highest BCUT2D eigenvalue weighted by molar-refractivity contribution is 7.18. The lowest BCUT2D eigenvalue weighted by Crippen LogP contribution is -2.16. The Morgan fingerprint density at radius 2 is 2.19 bits per heavy atom. The van der Waals surface area contributed by atoms with Crippen LogP contribution in [0.25, 0.3) is 0 Å². The minimum absolute atomic E-state index is 0.303. The molecule has 1 aliphatic rings. The molecule has 118 valence electrons. The number of nitrogens with one attached hydrogen (secondary N) is 1. The average molecular weight is 311 g/mol. The number of rotatable bonds is 8. The van der Waals surface area contributed by atoms with E-state index in [1.54, 1.807) is 0 Å². The molecule has 0 amide bonds. The first-order chi connectivity index (χ1) is 10.0. The van der Waals surface area contributed by atoms with Crippen molar-refractivity contribution in [2.24, 2.45) is 0 Å². The molecule has 0 spiro atoms. The summed E-state index contributed by atoms with van der Waals surface area (Å²) >= 11 is 1.44.